The third kappa shape index (κ3) is 3.85. The van der Waals surface area contributed by atoms with Gasteiger partial charge in [-0.3, -0.25) is 9.80 Å². The number of nitrogens with zero attached hydrogens (tertiary/aromatic N) is 2. The molecule has 0 aromatic heterocycles. The lowest BCUT2D eigenvalue weighted by Crippen LogP contribution is -2.46. The molecule has 1 aromatic carbocycles. The number of hydrogen-bond acceptors (Lipinski definition) is 3. The lowest BCUT2D eigenvalue weighted by molar-refractivity contribution is -0.0401. The van der Waals surface area contributed by atoms with E-state index in [-0.39, 0.29) is 0 Å². The van der Waals surface area contributed by atoms with Crippen LogP contribution in [0.4, 0.5) is 0 Å². The van der Waals surface area contributed by atoms with Crippen molar-refractivity contribution in [1.29, 1.82) is 0 Å². The minimum absolute atomic E-state index is 0.515. The van der Waals surface area contributed by atoms with Crippen molar-refractivity contribution in [1.82, 2.24) is 9.80 Å². The van der Waals surface area contributed by atoms with Gasteiger partial charge in [-0.2, -0.15) is 0 Å². The average Bonchev–Trinajstić information content (AvgIpc) is 3.18. The van der Waals surface area contributed by atoms with Crippen LogP contribution in [0.25, 0.3) is 6.08 Å². The maximum atomic E-state index is 5.94. The van der Waals surface area contributed by atoms with Crippen LogP contribution in [0.15, 0.2) is 36.4 Å². The second-order valence-corrected chi connectivity index (χ2v) is 7.23. The first-order valence-corrected chi connectivity index (χ1v) is 9.22. The van der Waals surface area contributed by atoms with Gasteiger partial charge in [-0.05, 0) is 37.8 Å². The molecule has 3 fully saturated rings. The molecule has 3 atom stereocenters. The number of rotatable bonds is 5. The van der Waals surface area contributed by atoms with Crippen molar-refractivity contribution >= 4 is 6.08 Å². The Balaban J connectivity index is 1.29. The van der Waals surface area contributed by atoms with E-state index in [2.05, 4.69) is 52.3 Å². The zero-order valence-corrected chi connectivity index (χ0v) is 13.9. The summed E-state index contributed by atoms with van der Waals surface area (Å²) in [6.45, 7) is 5.94. The summed E-state index contributed by atoms with van der Waals surface area (Å²) in [5.41, 5.74) is 1.31. The van der Waals surface area contributed by atoms with Crippen LogP contribution >= 0.6 is 0 Å². The van der Waals surface area contributed by atoms with Gasteiger partial charge in [0.2, 0.25) is 0 Å². The molecule has 3 heteroatoms. The maximum absolute atomic E-state index is 5.94. The summed E-state index contributed by atoms with van der Waals surface area (Å²) in [5, 5.41) is 0. The highest BCUT2D eigenvalue weighted by molar-refractivity contribution is 5.49. The van der Waals surface area contributed by atoms with Crippen molar-refractivity contribution in [2.75, 3.05) is 32.7 Å². The van der Waals surface area contributed by atoms with Crippen LogP contribution in [0, 0.1) is 0 Å². The van der Waals surface area contributed by atoms with Gasteiger partial charge in [0.25, 0.3) is 0 Å². The normalized spacial score (nSPS) is 32.1. The highest BCUT2D eigenvalue weighted by atomic mass is 16.5. The Morgan fingerprint density at radius 3 is 2.57 bits per heavy atom. The van der Waals surface area contributed by atoms with Crippen molar-refractivity contribution in [3.8, 4) is 0 Å². The molecule has 0 aliphatic carbocycles. The topological polar surface area (TPSA) is 15.7 Å². The van der Waals surface area contributed by atoms with E-state index in [1.807, 2.05) is 0 Å². The van der Waals surface area contributed by atoms with Gasteiger partial charge in [-0.1, -0.05) is 42.5 Å². The molecule has 3 heterocycles. The van der Waals surface area contributed by atoms with E-state index in [9.17, 15) is 0 Å². The predicted molar refractivity (Wildman–Crippen MR) is 94.4 cm³/mol. The first-order valence-electron chi connectivity index (χ1n) is 9.22. The van der Waals surface area contributed by atoms with Gasteiger partial charge in [0, 0.05) is 32.2 Å². The van der Waals surface area contributed by atoms with E-state index >= 15 is 0 Å². The highest BCUT2D eigenvalue weighted by Gasteiger charge is 2.33. The van der Waals surface area contributed by atoms with Crippen LogP contribution in [0.3, 0.4) is 0 Å². The van der Waals surface area contributed by atoms with Gasteiger partial charge in [-0.15, -0.1) is 0 Å². The van der Waals surface area contributed by atoms with Crippen molar-refractivity contribution in [2.45, 2.75) is 43.9 Å². The molecule has 1 aromatic rings. The Hall–Kier alpha value is -1.16. The molecule has 0 saturated carbocycles. The largest absolute Gasteiger partial charge is 0.372 e. The van der Waals surface area contributed by atoms with Crippen LogP contribution in [-0.4, -0.2) is 60.8 Å². The number of likely N-dealkylation sites (tertiary alicyclic amines) is 2. The molecular weight excluding hydrogens is 284 g/mol. The Bertz CT molecular complexity index is 518. The molecule has 3 aliphatic heterocycles. The van der Waals surface area contributed by atoms with E-state index in [1.54, 1.807) is 0 Å². The van der Waals surface area contributed by atoms with Crippen LogP contribution in [0.5, 0.6) is 0 Å². The van der Waals surface area contributed by atoms with E-state index in [0.717, 1.165) is 13.1 Å². The standard InChI is InChI=1S/C20H28N2O/c1-2-5-17(6-3-1)8-9-18-7-4-12-22(18)14-13-21-15-19-10-11-20(16-21)23-19/h1-3,5-6,8-9,18-20H,4,7,10-16H2/b9-8+. The third-order valence-electron chi connectivity index (χ3n) is 5.55. The molecule has 3 unspecified atom stereocenters. The highest BCUT2D eigenvalue weighted by Crippen LogP contribution is 2.26. The van der Waals surface area contributed by atoms with E-state index in [4.69, 9.17) is 4.74 Å². The Morgan fingerprint density at radius 1 is 1.00 bits per heavy atom. The fourth-order valence-electron chi connectivity index (χ4n) is 4.29. The molecule has 0 radical (unpaired) electrons. The average molecular weight is 312 g/mol. The molecule has 23 heavy (non-hydrogen) atoms. The SMILES string of the molecule is C(=C\C1CCCN1CCN1CC2CCC(C1)O2)/c1ccccc1. The monoisotopic (exact) mass is 312 g/mol. The van der Waals surface area contributed by atoms with Crippen molar-refractivity contribution in [3.63, 3.8) is 0 Å². The van der Waals surface area contributed by atoms with Gasteiger partial charge in [0.15, 0.2) is 0 Å². The summed E-state index contributed by atoms with van der Waals surface area (Å²) < 4.78 is 5.94. The molecular formula is C20H28N2O. The number of hydrogen-bond donors (Lipinski definition) is 0. The minimum atomic E-state index is 0.515. The quantitative estimate of drug-likeness (QED) is 0.831. The Kier molecular flexibility index (Phi) is 4.79. The second kappa shape index (κ2) is 7.16. The molecule has 3 aliphatic rings. The summed E-state index contributed by atoms with van der Waals surface area (Å²) >= 11 is 0. The second-order valence-electron chi connectivity index (χ2n) is 7.23. The molecule has 0 spiro atoms. The van der Waals surface area contributed by atoms with Crippen molar-refractivity contribution < 1.29 is 4.74 Å². The summed E-state index contributed by atoms with van der Waals surface area (Å²) in [6.07, 6.45) is 10.9. The van der Waals surface area contributed by atoms with Gasteiger partial charge in [-0.25, -0.2) is 0 Å². The first-order chi connectivity index (χ1) is 11.4. The van der Waals surface area contributed by atoms with Crippen LogP contribution in [-0.2, 0) is 4.74 Å². The lowest BCUT2D eigenvalue weighted by atomic mass is 10.1. The third-order valence-corrected chi connectivity index (χ3v) is 5.55. The van der Waals surface area contributed by atoms with E-state index in [1.165, 1.54) is 50.9 Å². The predicted octanol–water partition coefficient (Wildman–Crippen LogP) is 3.03. The van der Waals surface area contributed by atoms with E-state index in [0.29, 0.717) is 18.2 Å². The number of ether oxygens (including phenoxy) is 1. The fourth-order valence-corrected chi connectivity index (χ4v) is 4.29. The van der Waals surface area contributed by atoms with Crippen LogP contribution in [0.2, 0.25) is 0 Å². The zero-order chi connectivity index (χ0) is 15.5. The Labute approximate surface area is 139 Å². The number of fused-ring (bicyclic) bond motifs is 2. The van der Waals surface area contributed by atoms with Gasteiger partial charge in [0.1, 0.15) is 0 Å². The Morgan fingerprint density at radius 2 is 1.78 bits per heavy atom. The molecule has 0 N–H and O–H groups in total. The van der Waals surface area contributed by atoms with Crippen LogP contribution < -0.4 is 0 Å². The smallest absolute Gasteiger partial charge is 0.0707 e. The van der Waals surface area contributed by atoms with Crippen molar-refractivity contribution in [2.24, 2.45) is 0 Å². The first kappa shape index (κ1) is 15.4. The zero-order valence-electron chi connectivity index (χ0n) is 13.9. The summed E-state index contributed by atoms with van der Waals surface area (Å²) in [6, 6.07) is 11.3. The van der Waals surface area contributed by atoms with E-state index < -0.39 is 0 Å². The molecule has 4 rings (SSSR count). The molecule has 3 saturated heterocycles. The molecule has 2 bridgehead atoms. The summed E-state index contributed by atoms with van der Waals surface area (Å²) in [7, 11) is 0. The van der Waals surface area contributed by atoms with Gasteiger partial charge >= 0.3 is 0 Å². The summed E-state index contributed by atoms with van der Waals surface area (Å²) in [4.78, 5) is 5.29. The number of benzene rings is 1. The maximum Gasteiger partial charge on any atom is 0.0707 e. The lowest BCUT2D eigenvalue weighted by Gasteiger charge is -2.33. The summed E-state index contributed by atoms with van der Waals surface area (Å²) in [5.74, 6) is 0. The van der Waals surface area contributed by atoms with Gasteiger partial charge < -0.3 is 4.74 Å². The minimum Gasteiger partial charge on any atom is -0.372 e. The molecule has 0 amide bonds. The van der Waals surface area contributed by atoms with Gasteiger partial charge in [0.05, 0.1) is 12.2 Å². The fraction of sp³-hybridized carbons (Fsp3) is 0.600. The van der Waals surface area contributed by atoms with Crippen molar-refractivity contribution in [3.05, 3.63) is 42.0 Å². The number of morpholine rings is 1. The molecule has 3 nitrogen and oxygen atoms in total. The van der Waals surface area contributed by atoms with Crippen LogP contribution in [0.1, 0.15) is 31.2 Å². The molecule has 124 valence electrons.